The molecular formula is C19H23BrN2O. The lowest BCUT2D eigenvalue weighted by molar-refractivity contribution is -0.119. The molecule has 4 rings (SSSR count). The van der Waals surface area contributed by atoms with Crippen LogP contribution < -0.4 is 5.32 Å². The highest BCUT2D eigenvalue weighted by Gasteiger charge is 2.47. The second kappa shape index (κ2) is 6.39. The smallest absolute Gasteiger partial charge is 0.220 e. The van der Waals surface area contributed by atoms with E-state index >= 15 is 0 Å². The van der Waals surface area contributed by atoms with E-state index in [1.807, 2.05) is 18.3 Å². The first-order valence-electron chi connectivity index (χ1n) is 8.80. The monoisotopic (exact) mass is 374 g/mol. The van der Waals surface area contributed by atoms with E-state index in [1.165, 1.54) is 32.1 Å². The van der Waals surface area contributed by atoms with Crippen molar-refractivity contribution in [2.24, 2.45) is 23.7 Å². The molecule has 2 heterocycles. The van der Waals surface area contributed by atoms with E-state index in [0.29, 0.717) is 24.3 Å². The van der Waals surface area contributed by atoms with E-state index in [0.717, 1.165) is 22.0 Å². The average molecular weight is 375 g/mol. The van der Waals surface area contributed by atoms with Gasteiger partial charge in [0.25, 0.3) is 0 Å². The summed E-state index contributed by atoms with van der Waals surface area (Å²) >= 11 is 3.43. The van der Waals surface area contributed by atoms with Crippen LogP contribution in [0.25, 0.3) is 6.08 Å². The molecule has 0 bridgehead atoms. The Hall–Kier alpha value is -1.16. The third-order valence-electron chi connectivity index (χ3n) is 6.04. The van der Waals surface area contributed by atoms with Crippen molar-refractivity contribution >= 4 is 27.9 Å². The Kier molecular flexibility index (Phi) is 4.27. The molecule has 1 aromatic heterocycles. The summed E-state index contributed by atoms with van der Waals surface area (Å²) in [6.07, 6.45) is 13.6. The molecule has 122 valence electrons. The van der Waals surface area contributed by atoms with Gasteiger partial charge in [0.05, 0.1) is 5.69 Å². The van der Waals surface area contributed by atoms with Gasteiger partial charge in [-0.05, 0) is 70.7 Å². The molecule has 3 aliphatic rings. The molecule has 4 heteroatoms. The first-order chi connectivity index (χ1) is 11.2. The zero-order valence-corrected chi connectivity index (χ0v) is 14.8. The molecule has 3 nitrogen and oxygen atoms in total. The lowest BCUT2D eigenvalue weighted by Gasteiger charge is -2.46. The third kappa shape index (κ3) is 3.10. The normalized spacial score (nSPS) is 36.6. The molecule has 23 heavy (non-hydrogen) atoms. The van der Waals surface area contributed by atoms with Crippen LogP contribution in [0.15, 0.2) is 28.9 Å². The van der Waals surface area contributed by atoms with Gasteiger partial charge >= 0.3 is 0 Å². The molecule has 1 N–H and O–H groups in total. The van der Waals surface area contributed by atoms with Crippen molar-refractivity contribution in [2.75, 3.05) is 0 Å². The molecule has 2 aliphatic carbocycles. The molecule has 5 atom stereocenters. The van der Waals surface area contributed by atoms with Gasteiger partial charge < -0.3 is 5.32 Å². The Morgan fingerprint density at radius 1 is 1.22 bits per heavy atom. The van der Waals surface area contributed by atoms with Crippen molar-refractivity contribution in [3.05, 3.63) is 34.6 Å². The SMILES string of the molecule is O=C1C[C@@H]2[C@@H](/C=C/c3ccc(Br)cn3)[C@@H]3CCCC[C@H]3C[C@@H]2N1. The first kappa shape index (κ1) is 15.4. The number of allylic oxidation sites excluding steroid dienone is 1. The van der Waals surface area contributed by atoms with Crippen LogP contribution in [0.4, 0.5) is 0 Å². The Morgan fingerprint density at radius 2 is 2.09 bits per heavy atom. The minimum atomic E-state index is 0.249. The highest BCUT2D eigenvalue weighted by molar-refractivity contribution is 9.10. The fraction of sp³-hybridized carbons (Fsp3) is 0.579. The lowest BCUT2D eigenvalue weighted by atomic mass is 9.60. The van der Waals surface area contributed by atoms with Gasteiger partial charge in [-0.2, -0.15) is 0 Å². The number of hydrogen-bond donors (Lipinski definition) is 1. The van der Waals surface area contributed by atoms with Crippen LogP contribution in [0.2, 0.25) is 0 Å². The summed E-state index contributed by atoms with van der Waals surface area (Å²) in [6, 6.07) is 4.46. The predicted molar refractivity (Wildman–Crippen MR) is 94.6 cm³/mol. The Morgan fingerprint density at radius 3 is 2.91 bits per heavy atom. The van der Waals surface area contributed by atoms with Crippen molar-refractivity contribution in [3.8, 4) is 0 Å². The molecule has 3 fully saturated rings. The van der Waals surface area contributed by atoms with Crippen molar-refractivity contribution in [1.82, 2.24) is 10.3 Å². The van der Waals surface area contributed by atoms with Gasteiger partial charge in [0.15, 0.2) is 0 Å². The summed E-state index contributed by atoms with van der Waals surface area (Å²) in [7, 11) is 0. The van der Waals surface area contributed by atoms with E-state index in [-0.39, 0.29) is 5.91 Å². The fourth-order valence-corrected chi connectivity index (χ4v) is 5.26. The lowest BCUT2D eigenvalue weighted by Crippen LogP contribution is -2.45. The number of fused-ring (bicyclic) bond motifs is 2. The van der Waals surface area contributed by atoms with E-state index in [1.54, 1.807) is 0 Å². The highest BCUT2D eigenvalue weighted by Crippen LogP contribution is 2.49. The molecule has 1 saturated heterocycles. The summed E-state index contributed by atoms with van der Waals surface area (Å²) in [5.41, 5.74) is 1.000. The van der Waals surface area contributed by atoms with Crippen LogP contribution in [-0.4, -0.2) is 16.9 Å². The van der Waals surface area contributed by atoms with Gasteiger partial charge in [0.1, 0.15) is 0 Å². The van der Waals surface area contributed by atoms with Gasteiger partial charge in [-0.25, -0.2) is 0 Å². The Balaban J connectivity index is 1.59. The topological polar surface area (TPSA) is 42.0 Å². The number of carbonyl (C=O) groups is 1. The first-order valence-corrected chi connectivity index (χ1v) is 9.59. The second-order valence-electron chi connectivity index (χ2n) is 7.32. The Bertz CT molecular complexity index is 612. The maximum Gasteiger partial charge on any atom is 0.220 e. The maximum atomic E-state index is 11.9. The van der Waals surface area contributed by atoms with Crippen molar-refractivity contribution in [2.45, 2.75) is 44.6 Å². The number of pyridine rings is 1. The summed E-state index contributed by atoms with van der Waals surface area (Å²) in [5.74, 6) is 2.79. The summed E-state index contributed by atoms with van der Waals surface area (Å²) in [6.45, 7) is 0. The van der Waals surface area contributed by atoms with Gasteiger partial charge in [0.2, 0.25) is 5.91 Å². The molecule has 2 saturated carbocycles. The van der Waals surface area contributed by atoms with E-state index in [2.05, 4.69) is 38.4 Å². The Labute approximate surface area is 146 Å². The van der Waals surface area contributed by atoms with Crippen LogP contribution in [0.5, 0.6) is 0 Å². The second-order valence-corrected chi connectivity index (χ2v) is 8.24. The molecule has 0 aromatic carbocycles. The summed E-state index contributed by atoms with van der Waals surface area (Å²) in [5, 5.41) is 3.23. The van der Waals surface area contributed by atoms with Gasteiger partial charge in [-0.15, -0.1) is 0 Å². The minimum absolute atomic E-state index is 0.249. The van der Waals surface area contributed by atoms with Crippen LogP contribution in [0.3, 0.4) is 0 Å². The highest BCUT2D eigenvalue weighted by atomic mass is 79.9. The van der Waals surface area contributed by atoms with E-state index < -0.39 is 0 Å². The number of nitrogens with one attached hydrogen (secondary N) is 1. The molecule has 1 aromatic rings. The summed E-state index contributed by atoms with van der Waals surface area (Å²) in [4.78, 5) is 16.4. The van der Waals surface area contributed by atoms with Crippen molar-refractivity contribution in [3.63, 3.8) is 0 Å². The number of nitrogens with zero attached hydrogens (tertiary/aromatic N) is 1. The van der Waals surface area contributed by atoms with Crippen LogP contribution in [0, 0.1) is 23.7 Å². The zero-order chi connectivity index (χ0) is 15.8. The third-order valence-corrected chi connectivity index (χ3v) is 6.51. The van der Waals surface area contributed by atoms with E-state index in [9.17, 15) is 4.79 Å². The quantitative estimate of drug-likeness (QED) is 0.842. The number of aromatic nitrogens is 1. The molecule has 1 aliphatic heterocycles. The number of amides is 1. The minimum Gasteiger partial charge on any atom is -0.353 e. The van der Waals surface area contributed by atoms with E-state index in [4.69, 9.17) is 0 Å². The van der Waals surface area contributed by atoms with Crippen molar-refractivity contribution < 1.29 is 4.79 Å². The number of halogens is 1. The molecular weight excluding hydrogens is 352 g/mol. The molecule has 0 radical (unpaired) electrons. The molecule has 0 spiro atoms. The fourth-order valence-electron chi connectivity index (χ4n) is 5.03. The van der Waals surface area contributed by atoms with Gasteiger partial charge in [-0.1, -0.05) is 25.3 Å². The zero-order valence-electron chi connectivity index (χ0n) is 13.2. The predicted octanol–water partition coefficient (Wildman–Crippen LogP) is 4.19. The van der Waals surface area contributed by atoms with Gasteiger partial charge in [0, 0.05) is 23.1 Å². The van der Waals surface area contributed by atoms with Crippen molar-refractivity contribution in [1.29, 1.82) is 0 Å². The van der Waals surface area contributed by atoms with Crippen LogP contribution in [0.1, 0.15) is 44.2 Å². The number of carbonyl (C=O) groups excluding carboxylic acids is 1. The average Bonchev–Trinajstić information content (AvgIpc) is 2.93. The molecule has 1 amide bonds. The number of rotatable bonds is 2. The van der Waals surface area contributed by atoms with Gasteiger partial charge in [-0.3, -0.25) is 9.78 Å². The van der Waals surface area contributed by atoms with Crippen LogP contribution in [-0.2, 0) is 4.79 Å². The molecule has 0 unspecified atom stereocenters. The maximum absolute atomic E-state index is 11.9. The largest absolute Gasteiger partial charge is 0.353 e. The summed E-state index contributed by atoms with van der Waals surface area (Å²) < 4.78 is 1.00. The van der Waals surface area contributed by atoms with Crippen LogP contribution >= 0.6 is 15.9 Å². The standard InChI is InChI=1S/C19H23BrN2O/c20-13-5-6-14(21-11-13)7-8-16-15-4-2-1-3-12(15)9-18-17(16)10-19(23)22-18/h5-8,11-12,15-18H,1-4,9-10H2,(H,22,23)/b8-7+/t12-,15+,16-,17+,18-/m0/s1. The number of hydrogen-bond acceptors (Lipinski definition) is 2.